The molecule has 1 amide bonds. The van der Waals surface area contributed by atoms with E-state index in [0.29, 0.717) is 10.7 Å². The van der Waals surface area contributed by atoms with Crippen LogP contribution < -0.4 is 0 Å². The highest BCUT2D eigenvalue weighted by Gasteiger charge is 2.20. The van der Waals surface area contributed by atoms with Crippen molar-refractivity contribution in [2.75, 3.05) is 13.1 Å². The summed E-state index contributed by atoms with van der Waals surface area (Å²) in [5.74, 6) is 0.0762. The van der Waals surface area contributed by atoms with E-state index in [1.54, 1.807) is 6.20 Å². The van der Waals surface area contributed by atoms with Crippen molar-refractivity contribution in [2.45, 2.75) is 25.7 Å². The largest absolute Gasteiger partial charge is 0.339 e. The highest BCUT2D eigenvalue weighted by Crippen LogP contribution is 2.25. The molecular weight excluding hydrogens is 272 g/mol. The number of nitrogens with zero attached hydrogens (tertiary/aromatic N) is 2. The van der Waals surface area contributed by atoms with Crippen LogP contribution >= 0.6 is 11.6 Å². The molecule has 2 heterocycles. The maximum Gasteiger partial charge on any atom is 0.256 e. The van der Waals surface area contributed by atoms with Gasteiger partial charge in [0.15, 0.2) is 0 Å². The first-order valence-electron chi connectivity index (χ1n) is 7.10. The molecule has 4 heteroatoms. The third-order valence-electron chi connectivity index (χ3n) is 3.87. The van der Waals surface area contributed by atoms with Gasteiger partial charge in [-0.2, -0.15) is 0 Å². The van der Waals surface area contributed by atoms with Crippen molar-refractivity contribution in [2.24, 2.45) is 0 Å². The van der Waals surface area contributed by atoms with Crippen LogP contribution in [-0.4, -0.2) is 28.9 Å². The second-order valence-electron chi connectivity index (χ2n) is 5.21. The Kier molecular flexibility index (Phi) is 3.88. The van der Waals surface area contributed by atoms with E-state index in [1.807, 2.05) is 29.2 Å². The first kappa shape index (κ1) is 13.4. The van der Waals surface area contributed by atoms with Gasteiger partial charge < -0.3 is 4.90 Å². The number of pyridine rings is 1. The lowest BCUT2D eigenvalue weighted by Gasteiger charge is -2.21. The summed E-state index contributed by atoms with van der Waals surface area (Å²) in [4.78, 5) is 18.8. The number of rotatable bonds is 1. The first-order chi connectivity index (χ1) is 9.77. The molecule has 2 aromatic rings. The second-order valence-corrected chi connectivity index (χ2v) is 5.57. The maximum absolute atomic E-state index is 12.7. The molecule has 1 aliphatic rings. The Hall–Kier alpha value is -1.61. The molecule has 0 bridgehead atoms. The number of benzene rings is 1. The van der Waals surface area contributed by atoms with E-state index in [9.17, 15) is 4.79 Å². The molecule has 20 heavy (non-hydrogen) atoms. The third kappa shape index (κ3) is 2.50. The van der Waals surface area contributed by atoms with E-state index in [2.05, 4.69) is 4.98 Å². The van der Waals surface area contributed by atoms with Gasteiger partial charge in [0.1, 0.15) is 5.15 Å². The lowest BCUT2D eigenvalue weighted by molar-refractivity contribution is 0.0763. The maximum atomic E-state index is 12.7. The van der Waals surface area contributed by atoms with Gasteiger partial charge in [0.05, 0.1) is 5.56 Å². The summed E-state index contributed by atoms with van der Waals surface area (Å²) in [5.41, 5.74) is 0.659. The van der Waals surface area contributed by atoms with Crippen LogP contribution in [0.1, 0.15) is 36.0 Å². The Balaban J connectivity index is 2.01. The van der Waals surface area contributed by atoms with Crippen molar-refractivity contribution in [1.82, 2.24) is 9.88 Å². The third-order valence-corrected chi connectivity index (χ3v) is 4.17. The van der Waals surface area contributed by atoms with E-state index in [0.717, 1.165) is 36.7 Å². The summed E-state index contributed by atoms with van der Waals surface area (Å²) < 4.78 is 0. The minimum Gasteiger partial charge on any atom is -0.339 e. The molecule has 0 saturated carbocycles. The molecule has 0 aliphatic carbocycles. The Morgan fingerprint density at radius 1 is 1.05 bits per heavy atom. The number of carbonyl (C=O) groups excluding carboxylic acids is 1. The number of hydrogen-bond acceptors (Lipinski definition) is 2. The van der Waals surface area contributed by atoms with Crippen LogP contribution in [0.4, 0.5) is 0 Å². The van der Waals surface area contributed by atoms with Crippen LogP contribution in [0.25, 0.3) is 10.8 Å². The van der Waals surface area contributed by atoms with E-state index < -0.39 is 0 Å². The van der Waals surface area contributed by atoms with Crippen LogP contribution in [0, 0.1) is 0 Å². The van der Waals surface area contributed by atoms with E-state index in [-0.39, 0.29) is 5.91 Å². The predicted molar refractivity (Wildman–Crippen MR) is 81.1 cm³/mol. The molecule has 1 saturated heterocycles. The smallest absolute Gasteiger partial charge is 0.256 e. The Labute approximate surface area is 123 Å². The average Bonchev–Trinajstić information content (AvgIpc) is 2.76. The summed E-state index contributed by atoms with van der Waals surface area (Å²) in [7, 11) is 0. The quantitative estimate of drug-likeness (QED) is 0.746. The van der Waals surface area contributed by atoms with Crippen LogP contribution in [0.3, 0.4) is 0 Å². The Morgan fingerprint density at radius 2 is 1.70 bits per heavy atom. The number of halogens is 1. The van der Waals surface area contributed by atoms with Crippen molar-refractivity contribution in [3.05, 3.63) is 41.2 Å². The summed E-state index contributed by atoms with van der Waals surface area (Å²) in [5, 5.41) is 2.18. The number of carbonyl (C=O) groups is 1. The predicted octanol–water partition coefficient (Wildman–Crippen LogP) is 3.90. The van der Waals surface area contributed by atoms with Gasteiger partial charge in [-0.3, -0.25) is 4.79 Å². The van der Waals surface area contributed by atoms with Crippen molar-refractivity contribution >= 4 is 28.3 Å². The second kappa shape index (κ2) is 5.80. The van der Waals surface area contributed by atoms with E-state index in [4.69, 9.17) is 11.6 Å². The van der Waals surface area contributed by atoms with Crippen molar-refractivity contribution < 1.29 is 4.79 Å². The molecule has 3 nitrogen and oxygen atoms in total. The van der Waals surface area contributed by atoms with E-state index >= 15 is 0 Å². The van der Waals surface area contributed by atoms with Crippen LogP contribution in [0.15, 0.2) is 30.5 Å². The molecule has 0 atom stereocenters. The molecule has 0 unspecified atom stereocenters. The highest BCUT2D eigenvalue weighted by atomic mass is 35.5. The Bertz CT molecular complexity index is 633. The number of amides is 1. The van der Waals surface area contributed by atoms with Gasteiger partial charge in [-0.25, -0.2) is 4.98 Å². The molecule has 1 aromatic heterocycles. The van der Waals surface area contributed by atoms with Gasteiger partial charge in [-0.05, 0) is 18.2 Å². The van der Waals surface area contributed by atoms with Crippen molar-refractivity contribution in [3.8, 4) is 0 Å². The molecule has 0 spiro atoms. The molecule has 1 aliphatic heterocycles. The first-order valence-corrected chi connectivity index (χ1v) is 7.47. The highest BCUT2D eigenvalue weighted by molar-refractivity contribution is 6.34. The van der Waals surface area contributed by atoms with Gasteiger partial charge in [0.2, 0.25) is 0 Å². The summed E-state index contributed by atoms with van der Waals surface area (Å²) in [6.07, 6.45) is 6.21. The fourth-order valence-electron chi connectivity index (χ4n) is 2.77. The van der Waals surface area contributed by atoms with Crippen LogP contribution in [-0.2, 0) is 0 Å². The summed E-state index contributed by atoms with van der Waals surface area (Å²) in [6.45, 7) is 1.69. The van der Waals surface area contributed by atoms with Gasteiger partial charge in [0.25, 0.3) is 5.91 Å². The molecule has 1 aromatic carbocycles. The van der Waals surface area contributed by atoms with Crippen molar-refractivity contribution in [3.63, 3.8) is 0 Å². The lowest BCUT2D eigenvalue weighted by atomic mass is 10.1. The van der Waals surface area contributed by atoms with Gasteiger partial charge >= 0.3 is 0 Å². The Morgan fingerprint density at radius 3 is 2.40 bits per heavy atom. The summed E-state index contributed by atoms with van der Waals surface area (Å²) >= 11 is 6.11. The number of aromatic nitrogens is 1. The summed E-state index contributed by atoms with van der Waals surface area (Å²) in [6, 6.07) is 7.69. The lowest BCUT2D eigenvalue weighted by Crippen LogP contribution is -2.32. The minimum absolute atomic E-state index is 0.0762. The molecule has 3 rings (SSSR count). The van der Waals surface area contributed by atoms with Crippen LogP contribution in [0.5, 0.6) is 0 Å². The number of fused-ring (bicyclic) bond motifs is 1. The van der Waals surface area contributed by atoms with Crippen molar-refractivity contribution in [1.29, 1.82) is 0 Å². The monoisotopic (exact) mass is 288 g/mol. The SMILES string of the molecule is O=C(c1cnc(Cl)c2ccccc12)N1CCCCCC1. The fourth-order valence-corrected chi connectivity index (χ4v) is 2.99. The zero-order chi connectivity index (χ0) is 13.9. The number of likely N-dealkylation sites (tertiary alicyclic amines) is 1. The van der Waals surface area contributed by atoms with Gasteiger partial charge in [-0.1, -0.05) is 48.7 Å². The standard InChI is InChI=1S/C16H17ClN2O/c17-15-13-8-4-3-7-12(13)14(11-18-15)16(20)19-9-5-1-2-6-10-19/h3-4,7-8,11H,1-2,5-6,9-10H2. The zero-order valence-corrected chi connectivity index (χ0v) is 12.1. The van der Waals surface area contributed by atoms with Crippen LogP contribution in [0.2, 0.25) is 5.15 Å². The number of hydrogen-bond donors (Lipinski definition) is 0. The molecule has 1 fully saturated rings. The van der Waals surface area contributed by atoms with E-state index in [1.165, 1.54) is 12.8 Å². The minimum atomic E-state index is 0.0762. The van der Waals surface area contributed by atoms with Gasteiger partial charge in [-0.15, -0.1) is 0 Å². The average molecular weight is 289 g/mol. The van der Waals surface area contributed by atoms with Gasteiger partial charge in [0, 0.05) is 24.7 Å². The molecule has 0 N–H and O–H groups in total. The molecule has 0 radical (unpaired) electrons. The normalized spacial score (nSPS) is 16.1. The molecular formula is C16H17ClN2O. The zero-order valence-electron chi connectivity index (χ0n) is 11.3. The molecule has 104 valence electrons. The fraction of sp³-hybridized carbons (Fsp3) is 0.375. The topological polar surface area (TPSA) is 33.2 Å².